The Morgan fingerprint density at radius 3 is 2.45 bits per heavy atom. The Balaban J connectivity index is 1.81. The molecule has 4 rings (SSSR count). The molecule has 2 unspecified atom stereocenters. The Morgan fingerprint density at radius 1 is 1.14 bits per heavy atom. The van der Waals surface area contributed by atoms with Gasteiger partial charge in [-0.2, -0.15) is 0 Å². The summed E-state index contributed by atoms with van der Waals surface area (Å²) < 4.78 is 19.9. The van der Waals surface area contributed by atoms with Crippen LogP contribution in [0, 0.1) is 5.82 Å². The molecule has 1 N–H and O–H groups in total. The predicted octanol–water partition coefficient (Wildman–Crippen LogP) is 4.19. The minimum Gasteiger partial charge on any atom is -0.507 e. The number of hydrogen-bond donors (Lipinski definition) is 1. The predicted molar refractivity (Wildman–Crippen MR) is 109 cm³/mol. The van der Waals surface area contributed by atoms with Crippen molar-refractivity contribution in [3.63, 3.8) is 0 Å². The number of ketones is 1. The number of amides is 1. The average molecular weight is 460 g/mol. The summed E-state index contributed by atoms with van der Waals surface area (Å²) in [5.74, 6) is -2.11. The first-order valence-corrected chi connectivity index (χ1v) is 10.2. The van der Waals surface area contributed by atoms with Gasteiger partial charge in [0, 0.05) is 23.2 Å². The van der Waals surface area contributed by atoms with Crippen LogP contribution < -0.4 is 0 Å². The molecular formula is C22H19BrFNO4. The van der Waals surface area contributed by atoms with Gasteiger partial charge in [-0.1, -0.05) is 40.2 Å². The zero-order valence-corrected chi connectivity index (χ0v) is 17.1. The third kappa shape index (κ3) is 3.84. The van der Waals surface area contributed by atoms with E-state index in [1.807, 2.05) is 0 Å². The van der Waals surface area contributed by atoms with Gasteiger partial charge in [-0.3, -0.25) is 9.59 Å². The van der Waals surface area contributed by atoms with Crippen molar-refractivity contribution in [1.29, 1.82) is 0 Å². The fourth-order valence-corrected chi connectivity index (χ4v) is 4.10. The standard InChI is InChI=1S/C22H19BrFNO4/c23-15-7-3-14(4-8-15)20(26)18-19(13-5-9-16(24)10-6-13)25(22(28)21(18)27)12-17-2-1-11-29-17/h3-10,17,19,26H,1-2,11-12H2. The summed E-state index contributed by atoms with van der Waals surface area (Å²) in [5, 5.41) is 10.9. The number of aliphatic hydroxyl groups is 1. The number of Topliss-reactive ketones (excluding diaryl/α,β-unsaturated/α-hetero) is 1. The minimum atomic E-state index is -0.802. The number of carbonyl (C=O) groups excluding carboxylic acids is 2. The molecule has 2 atom stereocenters. The van der Waals surface area contributed by atoms with Crippen LogP contribution in [-0.4, -0.2) is 41.0 Å². The first-order valence-electron chi connectivity index (χ1n) is 9.37. The maximum absolute atomic E-state index is 13.5. The summed E-state index contributed by atoms with van der Waals surface area (Å²) in [6.45, 7) is 0.860. The molecule has 2 aliphatic heterocycles. The highest BCUT2D eigenvalue weighted by atomic mass is 79.9. The molecule has 2 fully saturated rings. The Bertz CT molecular complexity index is 965. The normalized spacial score (nSPS) is 23.7. The van der Waals surface area contributed by atoms with Crippen LogP contribution >= 0.6 is 15.9 Å². The topological polar surface area (TPSA) is 66.8 Å². The SMILES string of the molecule is O=C1C(=O)N(CC2CCCO2)C(c2ccc(F)cc2)C1=C(O)c1ccc(Br)cc1. The number of ether oxygens (including phenoxy) is 1. The molecular weight excluding hydrogens is 441 g/mol. The molecule has 2 saturated heterocycles. The molecule has 2 aromatic carbocycles. The molecule has 1 amide bonds. The molecule has 2 aromatic rings. The molecule has 0 bridgehead atoms. The summed E-state index contributed by atoms with van der Waals surface area (Å²) in [6.07, 6.45) is 1.53. The van der Waals surface area contributed by atoms with E-state index in [1.165, 1.54) is 29.2 Å². The van der Waals surface area contributed by atoms with Crippen LogP contribution in [-0.2, 0) is 14.3 Å². The van der Waals surface area contributed by atoms with E-state index in [-0.39, 0.29) is 24.0 Å². The summed E-state index contributed by atoms with van der Waals surface area (Å²) >= 11 is 3.34. The molecule has 29 heavy (non-hydrogen) atoms. The third-order valence-corrected chi connectivity index (χ3v) is 5.80. The molecule has 5 nitrogen and oxygen atoms in total. The van der Waals surface area contributed by atoms with Gasteiger partial charge in [0.15, 0.2) is 0 Å². The number of carbonyl (C=O) groups is 2. The lowest BCUT2D eigenvalue weighted by Crippen LogP contribution is -2.36. The summed E-state index contributed by atoms with van der Waals surface area (Å²) in [6, 6.07) is 11.6. The zero-order valence-electron chi connectivity index (χ0n) is 15.5. The Hall–Kier alpha value is -2.51. The summed E-state index contributed by atoms with van der Waals surface area (Å²) in [4.78, 5) is 27.2. The van der Waals surface area contributed by atoms with Crippen LogP contribution in [0.3, 0.4) is 0 Å². The number of benzene rings is 2. The van der Waals surface area contributed by atoms with Gasteiger partial charge in [-0.05, 0) is 42.7 Å². The van der Waals surface area contributed by atoms with E-state index in [9.17, 15) is 19.1 Å². The van der Waals surface area contributed by atoms with E-state index in [0.29, 0.717) is 17.7 Å². The highest BCUT2D eigenvalue weighted by Crippen LogP contribution is 2.40. The molecule has 7 heteroatoms. The van der Waals surface area contributed by atoms with E-state index in [1.54, 1.807) is 24.3 Å². The maximum atomic E-state index is 13.5. The van der Waals surface area contributed by atoms with E-state index in [2.05, 4.69) is 15.9 Å². The van der Waals surface area contributed by atoms with Crippen molar-refractivity contribution >= 4 is 33.4 Å². The van der Waals surface area contributed by atoms with Gasteiger partial charge < -0.3 is 14.7 Å². The summed E-state index contributed by atoms with van der Waals surface area (Å²) in [7, 11) is 0. The second kappa shape index (κ2) is 8.08. The lowest BCUT2D eigenvalue weighted by Gasteiger charge is -2.27. The largest absolute Gasteiger partial charge is 0.507 e. The van der Waals surface area contributed by atoms with E-state index < -0.39 is 23.5 Å². The summed E-state index contributed by atoms with van der Waals surface area (Å²) in [5.41, 5.74) is 0.986. The van der Waals surface area contributed by atoms with E-state index in [0.717, 1.165) is 17.3 Å². The van der Waals surface area contributed by atoms with Gasteiger partial charge in [-0.15, -0.1) is 0 Å². The molecule has 2 heterocycles. The van der Waals surface area contributed by atoms with Crippen molar-refractivity contribution in [2.75, 3.05) is 13.2 Å². The van der Waals surface area contributed by atoms with Crippen molar-refractivity contribution in [3.05, 3.63) is 75.5 Å². The average Bonchev–Trinajstić information content (AvgIpc) is 3.31. The maximum Gasteiger partial charge on any atom is 0.295 e. The van der Waals surface area contributed by atoms with Gasteiger partial charge in [0.25, 0.3) is 11.7 Å². The lowest BCUT2D eigenvalue weighted by atomic mass is 9.95. The molecule has 150 valence electrons. The number of likely N-dealkylation sites (tertiary alicyclic amines) is 1. The monoisotopic (exact) mass is 459 g/mol. The highest BCUT2D eigenvalue weighted by molar-refractivity contribution is 9.10. The quantitative estimate of drug-likeness (QED) is 0.422. The molecule has 0 aromatic heterocycles. The van der Waals surface area contributed by atoms with Crippen LogP contribution in [0.25, 0.3) is 5.76 Å². The van der Waals surface area contributed by atoms with Crippen molar-refractivity contribution < 1.29 is 23.8 Å². The Morgan fingerprint density at radius 2 is 1.83 bits per heavy atom. The first kappa shape index (κ1) is 19.8. The first-order chi connectivity index (χ1) is 14.0. The molecule has 0 radical (unpaired) electrons. The van der Waals surface area contributed by atoms with Crippen LogP contribution in [0.4, 0.5) is 4.39 Å². The smallest absolute Gasteiger partial charge is 0.295 e. The van der Waals surface area contributed by atoms with Crippen LogP contribution in [0.5, 0.6) is 0 Å². The van der Waals surface area contributed by atoms with Crippen LogP contribution in [0.15, 0.2) is 58.6 Å². The molecule has 0 aliphatic carbocycles. The van der Waals surface area contributed by atoms with Crippen molar-refractivity contribution in [2.24, 2.45) is 0 Å². The number of rotatable bonds is 4. The van der Waals surface area contributed by atoms with Crippen molar-refractivity contribution in [3.8, 4) is 0 Å². The molecule has 0 spiro atoms. The van der Waals surface area contributed by atoms with E-state index >= 15 is 0 Å². The number of halogens is 2. The fraction of sp³-hybridized carbons (Fsp3) is 0.273. The zero-order chi connectivity index (χ0) is 20.5. The van der Waals surface area contributed by atoms with Crippen LogP contribution in [0.2, 0.25) is 0 Å². The Labute approximate surface area is 175 Å². The van der Waals surface area contributed by atoms with Gasteiger partial charge in [0.05, 0.1) is 17.7 Å². The lowest BCUT2D eigenvalue weighted by molar-refractivity contribution is -0.140. The van der Waals surface area contributed by atoms with Crippen molar-refractivity contribution in [1.82, 2.24) is 4.90 Å². The second-order valence-electron chi connectivity index (χ2n) is 7.14. The number of aliphatic hydroxyl groups excluding tert-OH is 1. The van der Waals surface area contributed by atoms with E-state index in [4.69, 9.17) is 4.74 Å². The third-order valence-electron chi connectivity index (χ3n) is 5.27. The fourth-order valence-electron chi connectivity index (χ4n) is 3.83. The molecule has 0 saturated carbocycles. The second-order valence-corrected chi connectivity index (χ2v) is 8.06. The van der Waals surface area contributed by atoms with Crippen molar-refractivity contribution in [2.45, 2.75) is 25.0 Å². The van der Waals surface area contributed by atoms with Gasteiger partial charge >= 0.3 is 0 Å². The molecule has 2 aliphatic rings. The van der Waals surface area contributed by atoms with Gasteiger partial charge in [-0.25, -0.2) is 4.39 Å². The highest BCUT2D eigenvalue weighted by Gasteiger charge is 2.47. The minimum absolute atomic E-state index is 0.00178. The number of hydrogen-bond acceptors (Lipinski definition) is 4. The number of nitrogens with zero attached hydrogens (tertiary/aromatic N) is 1. The van der Waals surface area contributed by atoms with Crippen LogP contribution in [0.1, 0.15) is 30.0 Å². The Kier molecular flexibility index (Phi) is 5.52. The van der Waals surface area contributed by atoms with Gasteiger partial charge in [0.2, 0.25) is 0 Å². The van der Waals surface area contributed by atoms with Gasteiger partial charge in [0.1, 0.15) is 11.6 Å².